The van der Waals surface area contributed by atoms with Crippen molar-refractivity contribution in [3.05, 3.63) is 35.4 Å². The lowest BCUT2D eigenvalue weighted by molar-refractivity contribution is -0.119. The van der Waals surface area contributed by atoms with Crippen LogP contribution in [0.3, 0.4) is 0 Å². The van der Waals surface area contributed by atoms with Gasteiger partial charge in [0.25, 0.3) is 0 Å². The number of hydrogen-bond donors (Lipinski definition) is 2. The molecule has 24 heavy (non-hydrogen) atoms. The standard InChI is InChI=1S/C19H27N3O2/c20-18(23)13-14-9-11-22(12-10-14)19(24)21-17-8-4-2-6-15-5-1-3-7-16(15)17/h1,3,5,7,14,17H,2,4,6,8-13H2,(H2,20,23)(H,21,24)/t17-/m1/s1. The van der Waals surface area contributed by atoms with Gasteiger partial charge in [-0.3, -0.25) is 4.79 Å². The Balaban J connectivity index is 1.58. The van der Waals surface area contributed by atoms with Crippen LogP contribution in [0.15, 0.2) is 24.3 Å². The summed E-state index contributed by atoms with van der Waals surface area (Å²) in [6.45, 7) is 1.41. The lowest BCUT2D eigenvalue weighted by atomic mass is 9.93. The van der Waals surface area contributed by atoms with Crippen molar-refractivity contribution in [2.75, 3.05) is 13.1 Å². The van der Waals surface area contributed by atoms with Crippen LogP contribution < -0.4 is 11.1 Å². The zero-order valence-electron chi connectivity index (χ0n) is 14.2. The van der Waals surface area contributed by atoms with Gasteiger partial charge in [-0.1, -0.05) is 30.7 Å². The summed E-state index contributed by atoms with van der Waals surface area (Å²) in [6, 6.07) is 8.58. The number of carbonyl (C=O) groups excluding carboxylic acids is 2. The quantitative estimate of drug-likeness (QED) is 0.837. The second kappa shape index (κ2) is 7.69. The summed E-state index contributed by atoms with van der Waals surface area (Å²) in [5.74, 6) is 0.0816. The summed E-state index contributed by atoms with van der Waals surface area (Å²) in [7, 11) is 0. The van der Waals surface area contributed by atoms with E-state index in [2.05, 4.69) is 29.6 Å². The number of amides is 3. The second-order valence-electron chi connectivity index (χ2n) is 7.05. The Kier molecular flexibility index (Phi) is 5.38. The van der Waals surface area contributed by atoms with Gasteiger partial charge in [0.05, 0.1) is 6.04 Å². The zero-order chi connectivity index (χ0) is 16.9. The molecule has 0 saturated carbocycles. The highest BCUT2D eigenvalue weighted by Gasteiger charge is 2.26. The van der Waals surface area contributed by atoms with Crippen molar-refractivity contribution in [1.29, 1.82) is 0 Å². The molecule has 1 aliphatic carbocycles. The number of hydrogen-bond acceptors (Lipinski definition) is 2. The molecule has 3 N–H and O–H groups in total. The van der Waals surface area contributed by atoms with Gasteiger partial charge in [-0.2, -0.15) is 0 Å². The van der Waals surface area contributed by atoms with Crippen molar-refractivity contribution in [2.24, 2.45) is 11.7 Å². The number of nitrogens with two attached hydrogens (primary N) is 1. The van der Waals surface area contributed by atoms with Crippen LogP contribution in [-0.4, -0.2) is 29.9 Å². The van der Waals surface area contributed by atoms with Crippen molar-refractivity contribution in [3.63, 3.8) is 0 Å². The summed E-state index contributed by atoms with van der Waals surface area (Å²) in [5.41, 5.74) is 7.90. The minimum absolute atomic E-state index is 0.0224. The van der Waals surface area contributed by atoms with Crippen molar-refractivity contribution < 1.29 is 9.59 Å². The number of urea groups is 1. The number of likely N-dealkylation sites (tertiary alicyclic amines) is 1. The molecule has 0 radical (unpaired) electrons. The highest BCUT2D eigenvalue weighted by Crippen LogP contribution is 2.29. The lowest BCUT2D eigenvalue weighted by Gasteiger charge is -2.33. The third-order valence-corrected chi connectivity index (χ3v) is 5.31. The molecule has 1 heterocycles. The number of carbonyl (C=O) groups is 2. The first-order valence-corrected chi connectivity index (χ1v) is 9.05. The van der Waals surface area contributed by atoms with Gasteiger partial charge in [0.1, 0.15) is 0 Å². The van der Waals surface area contributed by atoms with Gasteiger partial charge in [-0.05, 0) is 49.1 Å². The van der Waals surface area contributed by atoms with E-state index in [0.29, 0.717) is 25.4 Å². The van der Waals surface area contributed by atoms with Gasteiger partial charge in [0.15, 0.2) is 0 Å². The maximum absolute atomic E-state index is 12.6. The minimum Gasteiger partial charge on any atom is -0.370 e. The Hall–Kier alpha value is -2.04. The minimum atomic E-state index is -0.243. The largest absolute Gasteiger partial charge is 0.370 e. The van der Waals surface area contributed by atoms with Crippen LogP contribution in [0.1, 0.15) is 55.7 Å². The van der Waals surface area contributed by atoms with Crippen LogP contribution in [0.4, 0.5) is 4.79 Å². The van der Waals surface area contributed by atoms with Gasteiger partial charge < -0.3 is 16.0 Å². The summed E-state index contributed by atoms with van der Waals surface area (Å²) < 4.78 is 0. The van der Waals surface area contributed by atoms with Gasteiger partial charge in [0, 0.05) is 19.5 Å². The van der Waals surface area contributed by atoms with Crippen LogP contribution >= 0.6 is 0 Å². The topological polar surface area (TPSA) is 75.4 Å². The molecule has 0 unspecified atom stereocenters. The molecule has 3 rings (SSSR count). The van der Waals surface area contributed by atoms with Crippen molar-refractivity contribution in [3.8, 4) is 0 Å². The predicted molar refractivity (Wildman–Crippen MR) is 93.4 cm³/mol. The van der Waals surface area contributed by atoms with Crippen LogP contribution in [0.2, 0.25) is 0 Å². The van der Waals surface area contributed by atoms with E-state index in [1.807, 2.05) is 4.90 Å². The second-order valence-corrected chi connectivity index (χ2v) is 7.05. The van der Waals surface area contributed by atoms with E-state index >= 15 is 0 Å². The molecule has 1 aromatic carbocycles. The highest BCUT2D eigenvalue weighted by atomic mass is 16.2. The van der Waals surface area contributed by atoms with Crippen LogP contribution in [-0.2, 0) is 11.2 Å². The molecule has 1 atom stereocenters. The lowest BCUT2D eigenvalue weighted by Crippen LogP contribution is -2.46. The SMILES string of the molecule is NC(=O)CC1CCN(C(=O)N[C@@H]2CCCCc3ccccc32)CC1. The molecule has 1 fully saturated rings. The van der Waals surface area contributed by atoms with Crippen LogP contribution in [0.5, 0.6) is 0 Å². The normalized spacial score (nSPS) is 21.7. The van der Waals surface area contributed by atoms with E-state index in [-0.39, 0.29) is 18.0 Å². The van der Waals surface area contributed by atoms with E-state index in [0.717, 1.165) is 32.1 Å². The first-order valence-electron chi connectivity index (χ1n) is 9.05. The summed E-state index contributed by atoms with van der Waals surface area (Å²) in [4.78, 5) is 25.5. The van der Waals surface area contributed by atoms with E-state index in [1.165, 1.54) is 17.5 Å². The third-order valence-electron chi connectivity index (χ3n) is 5.31. The molecule has 1 saturated heterocycles. The van der Waals surface area contributed by atoms with Gasteiger partial charge in [-0.15, -0.1) is 0 Å². The third kappa shape index (κ3) is 4.08. The fourth-order valence-electron chi connectivity index (χ4n) is 3.94. The van der Waals surface area contributed by atoms with E-state index < -0.39 is 0 Å². The van der Waals surface area contributed by atoms with Gasteiger partial charge in [0.2, 0.25) is 5.91 Å². The predicted octanol–water partition coefficient (Wildman–Crippen LogP) is 2.75. The smallest absolute Gasteiger partial charge is 0.317 e. The molecule has 1 aliphatic heterocycles. The molecular weight excluding hydrogens is 302 g/mol. The van der Waals surface area contributed by atoms with Crippen molar-refractivity contribution in [2.45, 2.75) is 51.0 Å². The number of benzene rings is 1. The molecule has 0 aromatic heterocycles. The zero-order valence-corrected chi connectivity index (χ0v) is 14.2. The van der Waals surface area contributed by atoms with Crippen molar-refractivity contribution in [1.82, 2.24) is 10.2 Å². The van der Waals surface area contributed by atoms with Crippen LogP contribution in [0, 0.1) is 5.92 Å². The molecule has 5 nitrogen and oxygen atoms in total. The highest BCUT2D eigenvalue weighted by molar-refractivity contribution is 5.75. The van der Waals surface area contributed by atoms with E-state index in [4.69, 9.17) is 5.73 Å². The van der Waals surface area contributed by atoms with Gasteiger partial charge in [-0.25, -0.2) is 4.79 Å². The molecule has 3 amide bonds. The summed E-state index contributed by atoms with van der Waals surface area (Å²) in [6.07, 6.45) is 6.57. The maximum Gasteiger partial charge on any atom is 0.317 e. The molecule has 130 valence electrons. The fraction of sp³-hybridized carbons (Fsp3) is 0.579. The van der Waals surface area contributed by atoms with E-state index in [9.17, 15) is 9.59 Å². The number of piperidine rings is 1. The Morgan fingerprint density at radius 1 is 1.12 bits per heavy atom. The number of primary amides is 1. The fourth-order valence-corrected chi connectivity index (χ4v) is 3.94. The average Bonchev–Trinajstić information content (AvgIpc) is 2.77. The molecule has 0 bridgehead atoms. The molecule has 1 aromatic rings. The number of fused-ring (bicyclic) bond motifs is 1. The number of nitrogens with one attached hydrogen (secondary N) is 1. The summed E-state index contributed by atoms with van der Waals surface area (Å²) >= 11 is 0. The van der Waals surface area contributed by atoms with Crippen LogP contribution in [0.25, 0.3) is 0 Å². The number of rotatable bonds is 3. The molecule has 0 spiro atoms. The number of aryl methyl sites for hydroxylation is 1. The summed E-state index contributed by atoms with van der Waals surface area (Å²) in [5, 5.41) is 3.24. The molecule has 2 aliphatic rings. The Bertz CT molecular complexity index is 594. The first-order chi connectivity index (χ1) is 11.6. The average molecular weight is 329 g/mol. The molecular formula is C19H27N3O2. The molecule has 5 heteroatoms. The monoisotopic (exact) mass is 329 g/mol. The van der Waals surface area contributed by atoms with Gasteiger partial charge >= 0.3 is 6.03 Å². The Labute approximate surface area is 143 Å². The Morgan fingerprint density at radius 2 is 1.88 bits per heavy atom. The maximum atomic E-state index is 12.6. The Morgan fingerprint density at radius 3 is 2.62 bits per heavy atom. The first kappa shape index (κ1) is 16.8. The number of nitrogens with zero attached hydrogens (tertiary/aromatic N) is 1. The van der Waals surface area contributed by atoms with Crippen molar-refractivity contribution >= 4 is 11.9 Å². The van der Waals surface area contributed by atoms with E-state index in [1.54, 1.807) is 0 Å².